The minimum absolute atomic E-state index is 0.259. The normalized spacial score (nSPS) is 10.5. The lowest BCUT2D eigenvalue weighted by molar-refractivity contribution is 0.102. The highest BCUT2D eigenvalue weighted by Gasteiger charge is 2.13. The van der Waals surface area contributed by atoms with Gasteiger partial charge in [0.2, 0.25) is 0 Å². The van der Waals surface area contributed by atoms with Crippen LogP contribution in [0.2, 0.25) is 0 Å². The molecule has 0 aliphatic rings. The number of rotatable bonds is 3. The molecule has 0 saturated carbocycles. The Labute approximate surface area is 120 Å². The number of nitrogen functional groups attached to an aromatic ring is 1. The number of amides is 1. The molecule has 0 spiro atoms. The molecule has 6 heteroatoms. The van der Waals surface area contributed by atoms with Crippen molar-refractivity contribution in [2.75, 3.05) is 18.2 Å². The van der Waals surface area contributed by atoms with E-state index in [1.807, 2.05) is 18.2 Å². The van der Waals surface area contributed by atoms with Gasteiger partial charge in [0.25, 0.3) is 5.91 Å². The zero-order valence-electron chi connectivity index (χ0n) is 11.4. The van der Waals surface area contributed by atoms with Crippen molar-refractivity contribution in [2.24, 2.45) is 0 Å². The second-order valence-electron chi connectivity index (χ2n) is 4.59. The molecule has 6 nitrogen and oxygen atoms in total. The molecule has 0 aliphatic carbocycles. The van der Waals surface area contributed by atoms with Gasteiger partial charge in [-0.15, -0.1) is 0 Å². The maximum absolute atomic E-state index is 12.3. The van der Waals surface area contributed by atoms with Crippen molar-refractivity contribution >= 4 is 28.2 Å². The number of H-pyrrole nitrogens is 1. The zero-order valence-corrected chi connectivity index (χ0v) is 11.4. The van der Waals surface area contributed by atoms with Crippen LogP contribution in [0.15, 0.2) is 42.6 Å². The van der Waals surface area contributed by atoms with E-state index in [1.54, 1.807) is 24.4 Å². The quantitative estimate of drug-likeness (QED) is 0.643. The van der Waals surface area contributed by atoms with Crippen LogP contribution in [0, 0.1) is 0 Å². The Morgan fingerprint density at radius 2 is 2.14 bits per heavy atom. The average molecular weight is 282 g/mol. The first-order valence-corrected chi connectivity index (χ1v) is 6.35. The van der Waals surface area contributed by atoms with Crippen molar-refractivity contribution < 1.29 is 9.53 Å². The second kappa shape index (κ2) is 5.16. The maximum Gasteiger partial charge on any atom is 0.259 e. The predicted molar refractivity (Wildman–Crippen MR) is 81.5 cm³/mol. The lowest BCUT2D eigenvalue weighted by atomic mass is 10.1. The highest BCUT2D eigenvalue weighted by Crippen LogP contribution is 2.23. The molecule has 4 N–H and O–H groups in total. The fraction of sp³-hybridized carbons (Fsp3) is 0.0667. The van der Waals surface area contributed by atoms with E-state index in [4.69, 9.17) is 10.5 Å². The molecule has 0 saturated heterocycles. The van der Waals surface area contributed by atoms with Crippen LogP contribution in [0.1, 0.15) is 10.4 Å². The molecule has 3 rings (SSSR count). The van der Waals surface area contributed by atoms with Gasteiger partial charge in [-0.25, -0.2) is 0 Å². The van der Waals surface area contributed by atoms with Gasteiger partial charge in [-0.1, -0.05) is 0 Å². The number of nitrogens with one attached hydrogen (secondary N) is 2. The third kappa shape index (κ3) is 2.51. The molecular weight excluding hydrogens is 268 g/mol. The van der Waals surface area contributed by atoms with E-state index in [0.717, 1.165) is 10.9 Å². The summed E-state index contributed by atoms with van der Waals surface area (Å²) < 4.78 is 5.19. The molecule has 0 radical (unpaired) electrons. The standard InChI is InChI=1S/C15H14N4O2/c1-21-14-6-10(16)3-5-12(14)15(20)18-11-4-2-9-8-17-19-13(9)7-11/h2-8H,16H2,1H3,(H,17,19)(H,18,20). The fourth-order valence-corrected chi connectivity index (χ4v) is 2.11. The molecule has 0 aliphatic heterocycles. The van der Waals surface area contributed by atoms with Crippen molar-refractivity contribution in [2.45, 2.75) is 0 Å². The van der Waals surface area contributed by atoms with Gasteiger partial charge in [0, 0.05) is 22.8 Å². The number of benzene rings is 2. The van der Waals surface area contributed by atoms with Crippen molar-refractivity contribution in [3.63, 3.8) is 0 Å². The largest absolute Gasteiger partial charge is 0.496 e. The lowest BCUT2D eigenvalue weighted by Crippen LogP contribution is -2.13. The number of aromatic amines is 1. The Bertz CT molecular complexity index is 810. The summed E-state index contributed by atoms with van der Waals surface area (Å²) in [5.74, 6) is 0.181. The summed E-state index contributed by atoms with van der Waals surface area (Å²) in [5, 5.41) is 10.6. The number of aromatic nitrogens is 2. The highest BCUT2D eigenvalue weighted by molar-refractivity contribution is 6.07. The van der Waals surface area contributed by atoms with Crippen LogP contribution in [-0.4, -0.2) is 23.2 Å². The van der Waals surface area contributed by atoms with Crippen LogP contribution in [0.25, 0.3) is 10.9 Å². The molecule has 0 fully saturated rings. The smallest absolute Gasteiger partial charge is 0.259 e. The first kappa shape index (κ1) is 13.0. The molecule has 1 aromatic heterocycles. The van der Waals surface area contributed by atoms with Crippen LogP contribution < -0.4 is 15.8 Å². The lowest BCUT2D eigenvalue weighted by Gasteiger charge is -2.10. The summed E-state index contributed by atoms with van der Waals surface area (Å²) in [6, 6.07) is 10.4. The zero-order chi connectivity index (χ0) is 14.8. The van der Waals surface area contributed by atoms with Gasteiger partial charge in [0.05, 0.1) is 24.4 Å². The second-order valence-corrected chi connectivity index (χ2v) is 4.59. The summed E-state index contributed by atoms with van der Waals surface area (Å²) in [7, 11) is 1.50. The first-order chi connectivity index (χ1) is 10.2. The van der Waals surface area contributed by atoms with E-state index in [-0.39, 0.29) is 5.91 Å². The van der Waals surface area contributed by atoms with E-state index in [9.17, 15) is 4.79 Å². The summed E-state index contributed by atoms with van der Waals surface area (Å²) in [5.41, 5.74) is 8.19. The number of nitrogens with two attached hydrogens (primary N) is 1. The monoisotopic (exact) mass is 282 g/mol. The Balaban J connectivity index is 1.88. The van der Waals surface area contributed by atoms with Crippen LogP contribution in [0.5, 0.6) is 5.75 Å². The number of carbonyl (C=O) groups is 1. The van der Waals surface area contributed by atoms with Crippen LogP contribution in [0.4, 0.5) is 11.4 Å². The minimum atomic E-state index is -0.259. The minimum Gasteiger partial charge on any atom is -0.496 e. The summed E-state index contributed by atoms with van der Waals surface area (Å²) in [4.78, 5) is 12.3. The molecule has 21 heavy (non-hydrogen) atoms. The van der Waals surface area contributed by atoms with Gasteiger partial charge < -0.3 is 15.8 Å². The van der Waals surface area contributed by atoms with E-state index in [1.165, 1.54) is 7.11 Å². The van der Waals surface area contributed by atoms with Gasteiger partial charge in [0.1, 0.15) is 5.75 Å². The summed E-state index contributed by atoms with van der Waals surface area (Å²) >= 11 is 0. The number of fused-ring (bicyclic) bond motifs is 1. The predicted octanol–water partition coefficient (Wildman–Crippen LogP) is 2.41. The van der Waals surface area contributed by atoms with Gasteiger partial charge in [-0.05, 0) is 30.3 Å². The Morgan fingerprint density at radius 3 is 2.95 bits per heavy atom. The third-order valence-electron chi connectivity index (χ3n) is 3.17. The summed E-state index contributed by atoms with van der Waals surface area (Å²) in [6.07, 6.45) is 1.73. The van der Waals surface area contributed by atoms with Crippen LogP contribution in [0.3, 0.4) is 0 Å². The van der Waals surface area contributed by atoms with E-state index >= 15 is 0 Å². The highest BCUT2D eigenvalue weighted by atomic mass is 16.5. The number of anilines is 2. The molecule has 1 amide bonds. The Morgan fingerprint density at radius 1 is 1.29 bits per heavy atom. The maximum atomic E-state index is 12.3. The number of hydrogen-bond acceptors (Lipinski definition) is 4. The van der Waals surface area contributed by atoms with Gasteiger partial charge in [-0.2, -0.15) is 5.10 Å². The van der Waals surface area contributed by atoms with Gasteiger partial charge in [0.15, 0.2) is 0 Å². The number of nitrogens with zero attached hydrogens (tertiary/aromatic N) is 1. The topological polar surface area (TPSA) is 93.0 Å². The number of hydrogen-bond donors (Lipinski definition) is 3. The third-order valence-corrected chi connectivity index (χ3v) is 3.17. The number of carbonyl (C=O) groups excluding carboxylic acids is 1. The van der Waals surface area contributed by atoms with E-state index in [0.29, 0.717) is 22.7 Å². The van der Waals surface area contributed by atoms with Crippen molar-refractivity contribution in [3.8, 4) is 5.75 Å². The molecular formula is C15H14N4O2. The molecule has 0 atom stereocenters. The average Bonchev–Trinajstić information content (AvgIpc) is 2.94. The van der Waals surface area contributed by atoms with E-state index < -0.39 is 0 Å². The number of ether oxygens (including phenoxy) is 1. The molecule has 1 heterocycles. The molecule has 2 aromatic carbocycles. The Kier molecular flexibility index (Phi) is 3.19. The van der Waals surface area contributed by atoms with Crippen LogP contribution in [-0.2, 0) is 0 Å². The first-order valence-electron chi connectivity index (χ1n) is 6.35. The van der Waals surface area contributed by atoms with Crippen molar-refractivity contribution in [3.05, 3.63) is 48.2 Å². The van der Waals surface area contributed by atoms with Crippen molar-refractivity contribution in [1.29, 1.82) is 0 Å². The molecule has 3 aromatic rings. The summed E-state index contributed by atoms with van der Waals surface area (Å²) in [6.45, 7) is 0. The molecule has 106 valence electrons. The van der Waals surface area contributed by atoms with E-state index in [2.05, 4.69) is 15.5 Å². The molecule has 0 unspecified atom stereocenters. The molecule has 0 bridgehead atoms. The van der Waals surface area contributed by atoms with Gasteiger partial charge >= 0.3 is 0 Å². The van der Waals surface area contributed by atoms with Crippen LogP contribution >= 0.6 is 0 Å². The van der Waals surface area contributed by atoms with Gasteiger partial charge in [-0.3, -0.25) is 9.89 Å². The fourth-order valence-electron chi connectivity index (χ4n) is 2.11. The number of methoxy groups -OCH3 is 1. The SMILES string of the molecule is COc1cc(N)ccc1C(=O)Nc1ccc2cn[nH]c2c1. The Hall–Kier alpha value is -3.02. The van der Waals surface area contributed by atoms with Crippen molar-refractivity contribution in [1.82, 2.24) is 10.2 Å².